The zero-order valence-electron chi connectivity index (χ0n) is 13.0. The zero-order chi connectivity index (χ0) is 16.5. The lowest BCUT2D eigenvalue weighted by molar-refractivity contribution is 0.102. The van der Waals surface area contributed by atoms with E-state index in [4.69, 9.17) is 0 Å². The molecule has 2 aromatic carbocycles. The van der Waals surface area contributed by atoms with Gasteiger partial charge in [0.05, 0.1) is 11.9 Å². The number of nitrogens with one attached hydrogen (secondary N) is 1. The van der Waals surface area contributed by atoms with Gasteiger partial charge in [-0.25, -0.2) is 4.98 Å². The minimum Gasteiger partial charge on any atom is -0.328 e. The highest BCUT2D eigenvalue weighted by molar-refractivity contribution is 9.10. The summed E-state index contributed by atoms with van der Waals surface area (Å²) in [5, 5.41) is 2.93. The van der Waals surface area contributed by atoms with Gasteiger partial charge in [-0.3, -0.25) is 4.79 Å². The maximum Gasteiger partial charge on any atom is 0.255 e. The minimum absolute atomic E-state index is 0.116. The summed E-state index contributed by atoms with van der Waals surface area (Å²) < 4.78 is 3.16. The van der Waals surface area contributed by atoms with Crippen LogP contribution in [-0.4, -0.2) is 15.5 Å². The number of rotatable bonds is 3. The standard InChI is InChI=1S/C19H16BrN3O/c20-15-4-1-3-14(11-15)19(24)22-16-8-6-13(7-9-16)17-12-21-18-5-2-10-23(17)18/h1,3-4,6-9,11-12H,2,5,10H2,(H,22,24). The van der Waals surface area contributed by atoms with Crippen molar-refractivity contribution in [3.63, 3.8) is 0 Å². The molecule has 0 spiro atoms. The number of benzene rings is 2. The normalized spacial score (nSPS) is 12.9. The Morgan fingerprint density at radius 1 is 1.17 bits per heavy atom. The van der Waals surface area contributed by atoms with E-state index in [2.05, 4.69) is 30.8 Å². The second-order valence-electron chi connectivity index (χ2n) is 5.86. The molecule has 0 fully saturated rings. The minimum atomic E-state index is -0.116. The molecule has 2 heterocycles. The smallest absolute Gasteiger partial charge is 0.255 e. The third-order valence-electron chi connectivity index (χ3n) is 4.25. The molecular formula is C19H16BrN3O. The number of aromatic nitrogens is 2. The van der Waals surface area contributed by atoms with Gasteiger partial charge >= 0.3 is 0 Å². The maximum absolute atomic E-state index is 12.3. The van der Waals surface area contributed by atoms with E-state index in [1.807, 2.05) is 42.6 Å². The Morgan fingerprint density at radius 2 is 2.00 bits per heavy atom. The van der Waals surface area contributed by atoms with Crippen LogP contribution in [0.2, 0.25) is 0 Å². The molecule has 1 amide bonds. The molecule has 3 aromatic rings. The molecule has 1 aliphatic heterocycles. The Kier molecular flexibility index (Phi) is 3.94. The highest BCUT2D eigenvalue weighted by Gasteiger charge is 2.16. The number of hydrogen-bond acceptors (Lipinski definition) is 2. The first kappa shape index (κ1) is 15.1. The Morgan fingerprint density at radius 3 is 2.79 bits per heavy atom. The van der Waals surface area contributed by atoms with Crippen molar-refractivity contribution in [3.8, 4) is 11.3 Å². The number of anilines is 1. The molecule has 0 radical (unpaired) electrons. The molecule has 5 heteroatoms. The van der Waals surface area contributed by atoms with Gasteiger partial charge in [0, 0.05) is 28.7 Å². The molecular weight excluding hydrogens is 366 g/mol. The molecule has 0 saturated carbocycles. The summed E-state index contributed by atoms with van der Waals surface area (Å²) in [6, 6.07) is 15.3. The van der Waals surface area contributed by atoms with Crippen LogP contribution in [0.3, 0.4) is 0 Å². The van der Waals surface area contributed by atoms with E-state index in [1.165, 1.54) is 0 Å². The van der Waals surface area contributed by atoms with E-state index in [-0.39, 0.29) is 5.91 Å². The quantitative estimate of drug-likeness (QED) is 0.725. The second kappa shape index (κ2) is 6.24. The number of nitrogens with zero attached hydrogens (tertiary/aromatic N) is 2. The molecule has 4 rings (SSSR count). The van der Waals surface area contributed by atoms with Gasteiger partial charge in [-0.2, -0.15) is 0 Å². The van der Waals surface area contributed by atoms with Crippen molar-refractivity contribution in [3.05, 3.63) is 70.6 Å². The number of imidazole rings is 1. The van der Waals surface area contributed by atoms with Crippen LogP contribution in [0.4, 0.5) is 5.69 Å². The Bertz CT molecular complexity index is 899. The van der Waals surface area contributed by atoms with E-state index >= 15 is 0 Å². The van der Waals surface area contributed by atoms with Gasteiger partial charge in [0.15, 0.2) is 0 Å². The molecule has 1 aliphatic rings. The predicted molar refractivity (Wildman–Crippen MR) is 98.1 cm³/mol. The Hall–Kier alpha value is -2.40. The molecule has 120 valence electrons. The van der Waals surface area contributed by atoms with Crippen LogP contribution < -0.4 is 5.32 Å². The van der Waals surface area contributed by atoms with Crippen molar-refractivity contribution < 1.29 is 4.79 Å². The van der Waals surface area contributed by atoms with Crippen LogP contribution in [0.15, 0.2) is 59.2 Å². The molecule has 0 atom stereocenters. The van der Waals surface area contributed by atoms with Crippen molar-refractivity contribution in [1.82, 2.24) is 9.55 Å². The molecule has 0 unspecified atom stereocenters. The van der Waals surface area contributed by atoms with Gasteiger partial charge in [0.25, 0.3) is 5.91 Å². The third-order valence-corrected chi connectivity index (χ3v) is 4.74. The van der Waals surface area contributed by atoms with Gasteiger partial charge in [-0.1, -0.05) is 34.1 Å². The largest absolute Gasteiger partial charge is 0.328 e. The number of hydrogen-bond donors (Lipinski definition) is 1. The number of carbonyl (C=O) groups excluding carboxylic acids is 1. The van der Waals surface area contributed by atoms with Gasteiger partial charge in [0.2, 0.25) is 0 Å². The fourth-order valence-corrected chi connectivity index (χ4v) is 3.45. The summed E-state index contributed by atoms with van der Waals surface area (Å²) in [4.78, 5) is 16.8. The number of aryl methyl sites for hydroxylation is 1. The summed E-state index contributed by atoms with van der Waals surface area (Å²) in [6.45, 7) is 1.03. The first-order valence-electron chi connectivity index (χ1n) is 7.92. The number of carbonyl (C=O) groups is 1. The summed E-state index contributed by atoms with van der Waals surface area (Å²) in [6.07, 6.45) is 4.15. The second-order valence-corrected chi connectivity index (χ2v) is 6.77. The lowest BCUT2D eigenvalue weighted by atomic mass is 10.1. The first-order chi connectivity index (χ1) is 11.7. The number of amides is 1. The SMILES string of the molecule is O=C(Nc1ccc(-c2cnc3n2CCC3)cc1)c1cccc(Br)c1. The lowest BCUT2D eigenvalue weighted by Crippen LogP contribution is -2.11. The molecule has 4 nitrogen and oxygen atoms in total. The predicted octanol–water partition coefficient (Wildman–Crippen LogP) is 4.51. The molecule has 24 heavy (non-hydrogen) atoms. The Balaban J connectivity index is 1.53. The lowest BCUT2D eigenvalue weighted by Gasteiger charge is -2.08. The van der Waals surface area contributed by atoms with E-state index in [9.17, 15) is 4.79 Å². The van der Waals surface area contributed by atoms with Crippen LogP contribution in [0.5, 0.6) is 0 Å². The van der Waals surface area contributed by atoms with Crippen LogP contribution in [0.25, 0.3) is 11.3 Å². The summed E-state index contributed by atoms with van der Waals surface area (Å²) in [5.41, 5.74) is 3.68. The van der Waals surface area contributed by atoms with Crippen LogP contribution >= 0.6 is 15.9 Å². The summed E-state index contributed by atoms with van der Waals surface area (Å²) in [7, 11) is 0. The van der Waals surface area contributed by atoms with Crippen molar-refractivity contribution in [1.29, 1.82) is 0 Å². The number of halogens is 1. The topological polar surface area (TPSA) is 46.9 Å². The van der Waals surface area contributed by atoms with Crippen molar-refractivity contribution in [2.24, 2.45) is 0 Å². The molecule has 1 N–H and O–H groups in total. The molecule has 0 saturated heterocycles. The first-order valence-corrected chi connectivity index (χ1v) is 8.72. The Labute approximate surface area is 148 Å². The van der Waals surface area contributed by atoms with E-state index in [0.717, 1.165) is 46.6 Å². The van der Waals surface area contributed by atoms with Gasteiger partial charge in [-0.05, 0) is 42.3 Å². The fraction of sp³-hybridized carbons (Fsp3) is 0.158. The van der Waals surface area contributed by atoms with E-state index < -0.39 is 0 Å². The average Bonchev–Trinajstić information content (AvgIpc) is 3.19. The van der Waals surface area contributed by atoms with Crippen molar-refractivity contribution in [2.75, 3.05) is 5.32 Å². The summed E-state index contributed by atoms with van der Waals surface area (Å²) in [5.74, 6) is 1.05. The monoisotopic (exact) mass is 381 g/mol. The summed E-state index contributed by atoms with van der Waals surface area (Å²) >= 11 is 3.38. The average molecular weight is 382 g/mol. The fourth-order valence-electron chi connectivity index (χ4n) is 3.05. The number of fused-ring (bicyclic) bond motifs is 1. The molecule has 0 bridgehead atoms. The van der Waals surface area contributed by atoms with Crippen molar-refractivity contribution >= 4 is 27.5 Å². The third kappa shape index (κ3) is 2.87. The van der Waals surface area contributed by atoms with E-state index in [0.29, 0.717) is 5.56 Å². The maximum atomic E-state index is 12.3. The highest BCUT2D eigenvalue weighted by atomic mass is 79.9. The van der Waals surface area contributed by atoms with Crippen LogP contribution in [0, 0.1) is 0 Å². The molecule has 0 aliphatic carbocycles. The van der Waals surface area contributed by atoms with Crippen molar-refractivity contribution in [2.45, 2.75) is 19.4 Å². The zero-order valence-corrected chi connectivity index (χ0v) is 14.6. The van der Waals surface area contributed by atoms with E-state index in [1.54, 1.807) is 12.1 Å². The molecule has 1 aromatic heterocycles. The van der Waals surface area contributed by atoms with Gasteiger partial charge < -0.3 is 9.88 Å². The van der Waals surface area contributed by atoms with Crippen LogP contribution in [0.1, 0.15) is 22.6 Å². The van der Waals surface area contributed by atoms with Gasteiger partial charge in [-0.15, -0.1) is 0 Å². The van der Waals surface area contributed by atoms with Crippen LogP contribution in [-0.2, 0) is 13.0 Å². The van der Waals surface area contributed by atoms with Gasteiger partial charge in [0.1, 0.15) is 5.82 Å². The highest BCUT2D eigenvalue weighted by Crippen LogP contribution is 2.26.